The van der Waals surface area contributed by atoms with Gasteiger partial charge in [-0.3, -0.25) is 0 Å². The summed E-state index contributed by atoms with van der Waals surface area (Å²) in [6.45, 7) is 2.19. The minimum Gasteiger partial charge on any atom is -0.357 e. The van der Waals surface area contributed by atoms with Gasteiger partial charge >= 0.3 is 0 Å². The van der Waals surface area contributed by atoms with Crippen molar-refractivity contribution < 1.29 is 0 Å². The van der Waals surface area contributed by atoms with Gasteiger partial charge in [-0.1, -0.05) is 30.9 Å². The summed E-state index contributed by atoms with van der Waals surface area (Å²) in [4.78, 5) is 3.72. The van der Waals surface area contributed by atoms with Crippen LogP contribution in [0.5, 0.6) is 0 Å². The van der Waals surface area contributed by atoms with Crippen LogP contribution in [0.1, 0.15) is 67.8 Å². The third-order valence-corrected chi connectivity index (χ3v) is 5.40. The lowest BCUT2D eigenvalue weighted by Crippen LogP contribution is -2.36. The van der Waals surface area contributed by atoms with Gasteiger partial charge in [-0.15, -0.1) is 0 Å². The smallest absolute Gasteiger partial charge is 0.0478 e. The highest BCUT2D eigenvalue weighted by Crippen LogP contribution is 2.36. The van der Waals surface area contributed by atoms with E-state index in [0.717, 1.165) is 6.04 Å². The molecule has 2 nitrogen and oxygen atoms in total. The van der Waals surface area contributed by atoms with Crippen LogP contribution in [0.25, 0.3) is 10.9 Å². The van der Waals surface area contributed by atoms with Gasteiger partial charge in [-0.25, -0.2) is 0 Å². The molecule has 0 spiro atoms. The first-order chi connectivity index (χ1) is 10.3. The molecule has 0 aliphatic heterocycles. The third-order valence-electron chi connectivity index (χ3n) is 5.40. The predicted molar refractivity (Wildman–Crippen MR) is 88.7 cm³/mol. The first kappa shape index (κ1) is 13.4. The summed E-state index contributed by atoms with van der Waals surface area (Å²) in [7, 11) is 0. The van der Waals surface area contributed by atoms with Gasteiger partial charge in [0.25, 0.3) is 0 Å². The Labute approximate surface area is 127 Å². The molecule has 2 aliphatic carbocycles. The molecule has 0 saturated heterocycles. The lowest BCUT2D eigenvalue weighted by Gasteiger charge is -2.31. The van der Waals surface area contributed by atoms with Crippen LogP contribution in [0.15, 0.2) is 18.2 Å². The Balaban J connectivity index is 1.65. The van der Waals surface area contributed by atoms with Crippen molar-refractivity contribution in [2.75, 3.05) is 0 Å². The zero-order valence-corrected chi connectivity index (χ0v) is 13.0. The van der Waals surface area contributed by atoms with Crippen molar-refractivity contribution in [2.45, 2.75) is 70.4 Å². The van der Waals surface area contributed by atoms with Gasteiger partial charge in [-0.2, -0.15) is 0 Å². The number of hydrogen-bond acceptors (Lipinski definition) is 1. The molecule has 0 bridgehead atoms. The minimum absolute atomic E-state index is 0.546. The Bertz CT molecular complexity index is 634. The third kappa shape index (κ3) is 2.50. The Hall–Kier alpha value is -1.28. The van der Waals surface area contributed by atoms with Crippen molar-refractivity contribution >= 4 is 10.9 Å². The lowest BCUT2D eigenvalue weighted by atomic mass is 9.89. The molecule has 1 saturated carbocycles. The average Bonchev–Trinajstić information content (AvgIpc) is 2.88. The van der Waals surface area contributed by atoms with Crippen molar-refractivity contribution in [3.63, 3.8) is 0 Å². The fourth-order valence-electron chi connectivity index (χ4n) is 4.30. The van der Waals surface area contributed by atoms with Crippen molar-refractivity contribution in [1.29, 1.82) is 0 Å². The van der Waals surface area contributed by atoms with Crippen LogP contribution in [0.3, 0.4) is 0 Å². The van der Waals surface area contributed by atoms with Crippen LogP contribution >= 0.6 is 0 Å². The molecule has 0 amide bonds. The average molecular weight is 282 g/mol. The van der Waals surface area contributed by atoms with Crippen LogP contribution in [-0.4, -0.2) is 11.0 Å². The van der Waals surface area contributed by atoms with E-state index in [1.54, 1.807) is 5.56 Å². The van der Waals surface area contributed by atoms with E-state index >= 15 is 0 Å². The van der Waals surface area contributed by atoms with Gasteiger partial charge < -0.3 is 10.3 Å². The van der Waals surface area contributed by atoms with Crippen molar-refractivity contribution in [1.82, 2.24) is 10.3 Å². The Morgan fingerprint density at radius 2 is 1.90 bits per heavy atom. The second-order valence-corrected chi connectivity index (χ2v) is 7.01. The van der Waals surface area contributed by atoms with Crippen LogP contribution in [0, 0.1) is 6.92 Å². The number of H-pyrrole nitrogens is 1. The monoisotopic (exact) mass is 282 g/mol. The zero-order chi connectivity index (χ0) is 14.2. The zero-order valence-electron chi connectivity index (χ0n) is 13.0. The van der Waals surface area contributed by atoms with Gasteiger partial charge in [0.15, 0.2) is 0 Å². The standard InChI is InChI=1S/C19H26N2/c1-13-10-11-17-16(12-13)15-8-5-9-18(19(15)21-17)20-14-6-3-2-4-7-14/h10-12,14,18,20-21H,2-9H2,1H3. The predicted octanol–water partition coefficient (Wildman–Crippen LogP) is 4.78. The summed E-state index contributed by atoms with van der Waals surface area (Å²) in [5.74, 6) is 0. The van der Waals surface area contributed by atoms with E-state index in [1.807, 2.05) is 0 Å². The molecule has 2 heteroatoms. The van der Waals surface area contributed by atoms with Gasteiger partial charge in [0, 0.05) is 28.7 Å². The van der Waals surface area contributed by atoms with E-state index in [9.17, 15) is 0 Å². The van der Waals surface area contributed by atoms with Crippen molar-refractivity contribution in [2.24, 2.45) is 0 Å². The first-order valence-corrected chi connectivity index (χ1v) is 8.68. The maximum Gasteiger partial charge on any atom is 0.0478 e. The molecule has 21 heavy (non-hydrogen) atoms. The Kier molecular flexibility index (Phi) is 3.50. The molecule has 2 aliphatic rings. The number of fused-ring (bicyclic) bond motifs is 3. The van der Waals surface area contributed by atoms with E-state index in [-0.39, 0.29) is 0 Å². The van der Waals surface area contributed by atoms with E-state index in [1.165, 1.54) is 73.5 Å². The summed E-state index contributed by atoms with van der Waals surface area (Å²) >= 11 is 0. The van der Waals surface area contributed by atoms with Crippen LogP contribution in [0.4, 0.5) is 0 Å². The summed E-state index contributed by atoms with van der Waals surface area (Å²) in [6.07, 6.45) is 10.8. The molecule has 1 atom stereocenters. The maximum atomic E-state index is 3.96. The van der Waals surface area contributed by atoms with Crippen LogP contribution in [0.2, 0.25) is 0 Å². The highest BCUT2D eigenvalue weighted by atomic mass is 15.0. The maximum absolute atomic E-state index is 3.96. The fraction of sp³-hybridized carbons (Fsp3) is 0.579. The highest BCUT2D eigenvalue weighted by Gasteiger charge is 2.26. The summed E-state index contributed by atoms with van der Waals surface area (Å²) < 4.78 is 0. The molecule has 1 aromatic heterocycles. The molecule has 2 aromatic rings. The van der Waals surface area contributed by atoms with Gasteiger partial charge in [-0.05, 0) is 56.7 Å². The molecule has 4 rings (SSSR count). The second-order valence-electron chi connectivity index (χ2n) is 7.01. The van der Waals surface area contributed by atoms with Crippen molar-refractivity contribution in [3.05, 3.63) is 35.0 Å². The SMILES string of the molecule is Cc1ccc2[nH]c3c(c2c1)CCCC3NC1CCCCC1. The minimum atomic E-state index is 0.546. The number of nitrogens with one attached hydrogen (secondary N) is 2. The normalized spacial score (nSPS) is 23.4. The Morgan fingerprint density at radius 3 is 2.76 bits per heavy atom. The number of benzene rings is 1. The van der Waals surface area contributed by atoms with Crippen LogP contribution < -0.4 is 5.32 Å². The van der Waals surface area contributed by atoms with Gasteiger partial charge in [0.1, 0.15) is 0 Å². The number of aromatic amines is 1. The molecule has 1 fully saturated rings. The van der Waals surface area contributed by atoms with Crippen LogP contribution in [-0.2, 0) is 6.42 Å². The molecular weight excluding hydrogens is 256 g/mol. The van der Waals surface area contributed by atoms with E-state index in [4.69, 9.17) is 0 Å². The quantitative estimate of drug-likeness (QED) is 0.815. The first-order valence-electron chi connectivity index (χ1n) is 8.68. The molecular formula is C19H26N2. The molecule has 1 heterocycles. The Morgan fingerprint density at radius 1 is 1.05 bits per heavy atom. The highest BCUT2D eigenvalue weighted by molar-refractivity contribution is 5.85. The topological polar surface area (TPSA) is 27.8 Å². The molecule has 112 valence electrons. The number of aryl methyl sites for hydroxylation is 2. The number of hydrogen-bond donors (Lipinski definition) is 2. The number of aromatic nitrogens is 1. The van der Waals surface area contributed by atoms with Gasteiger partial charge in [0.05, 0.1) is 0 Å². The molecule has 0 radical (unpaired) electrons. The summed E-state index contributed by atoms with van der Waals surface area (Å²) in [6, 6.07) is 8.11. The molecule has 1 unspecified atom stereocenters. The molecule has 1 aromatic carbocycles. The number of rotatable bonds is 2. The van der Waals surface area contributed by atoms with E-state index in [2.05, 4.69) is 35.4 Å². The summed E-state index contributed by atoms with van der Waals surface area (Å²) in [5, 5.41) is 5.42. The fourth-order valence-corrected chi connectivity index (χ4v) is 4.30. The second kappa shape index (κ2) is 5.49. The van der Waals surface area contributed by atoms with Crippen molar-refractivity contribution in [3.8, 4) is 0 Å². The lowest BCUT2D eigenvalue weighted by molar-refractivity contribution is 0.318. The van der Waals surface area contributed by atoms with Gasteiger partial charge in [0.2, 0.25) is 0 Å². The largest absolute Gasteiger partial charge is 0.357 e. The van der Waals surface area contributed by atoms with E-state index < -0.39 is 0 Å². The van der Waals surface area contributed by atoms with E-state index in [0.29, 0.717) is 6.04 Å². The molecule has 2 N–H and O–H groups in total. The summed E-state index contributed by atoms with van der Waals surface area (Å²) in [5.41, 5.74) is 5.75.